The highest BCUT2D eigenvalue weighted by Gasteiger charge is 2.32. The van der Waals surface area contributed by atoms with Gasteiger partial charge >= 0.3 is 5.97 Å². The van der Waals surface area contributed by atoms with E-state index in [9.17, 15) is 24.6 Å². The lowest BCUT2D eigenvalue weighted by Crippen LogP contribution is -2.31. The number of carbonyl (C=O) groups is 3. The van der Waals surface area contributed by atoms with Crippen molar-refractivity contribution in [3.8, 4) is 11.1 Å². The molecule has 5 rings (SSSR count). The maximum atomic E-state index is 12.4. The monoisotopic (exact) mass is 697 g/mol. The Morgan fingerprint density at radius 2 is 1.64 bits per heavy atom. The molecule has 3 unspecified atom stereocenters. The van der Waals surface area contributed by atoms with Gasteiger partial charge in [0.05, 0.1) is 24.4 Å². The van der Waals surface area contributed by atoms with E-state index in [0.717, 1.165) is 52.6 Å². The molecule has 4 aromatic rings. The number of unbranched alkanes of at least 4 members (excludes halogenated alkanes) is 2. The fourth-order valence-corrected chi connectivity index (χ4v) is 6.70. The first-order chi connectivity index (χ1) is 24.3. The summed E-state index contributed by atoms with van der Waals surface area (Å²) in [7, 11) is 0. The van der Waals surface area contributed by atoms with Gasteiger partial charge in [-0.25, -0.2) is 9.78 Å². The highest BCUT2D eigenvalue weighted by Crippen LogP contribution is 2.40. The molecule has 3 atom stereocenters. The quantitative estimate of drug-likeness (QED) is 0.0752. The molecule has 0 radical (unpaired) electrons. The molecule has 0 spiro atoms. The topological polar surface area (TPSA) is 147 Å². The molecule has 0 saturated carbocycles. The van der Waals surface area contributed by atoms with Crippen molar-refractivity contribution in [1.29, 1.82) is 0 Å². The zero-order valence-electron chi connectivity index (χ0n) is 28.0. The van der Waals surface area contributed by atoms with Crippen LogP contribution in [0, 0.1) is 0 Å². The molecule has 11 heteroatoms. The van der Waals surface area contributed by atoms with Gasteiger partial charge in [0.2, 0.25) is 11.8 Å². The molecular weight excluding hydrogens is 655 g/mol. The number of nitrogens with zero attached hydrogens (tertiary/aromatic N) is 1. The molecule has 1 aromatic heterocycles. The van der Waals surface area contributed by atoms with Crippen LogP contribution in [0.3, 0.4) is 0 Å². The number of hydrogen-bond donors (Lipinski definition) is 4. The Balaban J connectivity index is 1.22. The second-order valence-corrected chi connectivity index (χ2v) is 13.2. The number of carbonyl (C=O) groups excluding carboxylic acids is 2. The standard InChI is InChI=1S/C39H43N3O7S/c1-26(44)40-19-4-2-3-10-36(45)42-23-28-7-5-8-32(21-28)29-15-17-31(18-16-29)39-48-33(25-50-37-34(38(46)47)9-6-20-41-37)22-35(49-39)30-13-11-27(24-43)12-14-30/h5-9,11-18,20-21,33,35,39,43H,2-4,10,19,22-25H2,1H3,(H,40,44)(H,42,45)(H,46,47). The lowest BCUT2D eigenvalue weighted by Gasteiger charge is -2.36. The van der Waals surface area contributed by atoms with Crippen molar-refractivity contribution in [3.63, 3.8) is 0 Å². The van der Waals surface area contributed by atoms with Crippen LogP contribution in [-0.2, 0) is 32.2 Å². The van der Waals surface area contributed by atoms with E-state index in [0.29, 0.717) is 36.7 Å². The minimum Gasteiger partial charge on any atom is -0.478 e. The lowest BCUT2D eigenvalue weighted by atomic mass is 9.99. The molecule has 0 bridgehead atoms. The summed E-state index contributed by atoms with van der Waals surface area (Å²) in [5.41, 5.74) is 5.82. The van der Waals surface area contributed by atoms with Gasteiger partial charge in [0.15, 0.2) is 6.29 Å². The lowest BCUT2D eigenvalue weighted by molar-refractivity contribution is -0.245. The molecule has 10 nitrogen and oxygen atoms in total. The molecule has 2 heterocycles. The molecular formula is C39H43N3O7S. The van der Waals surface area contributed by atoms with Crippen LogP contribution in [0.4, 0.5) is 0 Å². The number of carboxylic acid groups (broad SMARTS) is 1. The summed E-state index contributed by atoms with van der Waals surface area (Å²) < 4.78 is 12.9. The van der Waals surface area contributed by atoms with E-state index in [-0.39, 0.29) is 36.2 Å². The first kappa shape index (κ1) is 36.7. The Morgan fingerprint density at radius 3 is 2.38 bits per heavy atom. The van der Waals surface area contributed by atoms with Crippen molar-refractivity contribution < 1.29 is 34.1 Å². The first-order valence-electron chi connectivity index (χ1n) is 16.8. The minimum atomic E-state index is -1.02. The smallest absolute Gasteiger partial charge is 0.338 e. The van der Waals surface area contributed by atoms with E-state index in [1.54, 1.807) is 18.3 Å². The van der Waals surface area contributed by atoms with E-state index in [4.69, 9.17) is 9.47 Å². The summed E-state index contributed by atoms with van der Waals surface area (Å²) in [4.78, 5) is 39.4. The number of aliphatic hydroxyl groups excluding tert-OH is 1. The Morgan fingerprint density at radius 1 is 0.860 bits per heavy atom. The number of aromatic carboxylic acids is 1. The zero-order valence-corrected chi connectivity index (χ0v) is 28.9. The molecule has 1 aliphatic rings. The molecule has 2 amide bonds. The average Bonchev–Trinajstić information content (AvgIpc) is 3.14. The van der Waals surface area contributed by atoms with Gasteiger partial charge in [-0.15, -0.1) is 11.8 Å². The van der Waals surface area contributed by atoms with E-state index < -0.39 is 12.3 Å². The van der Waals surface area contributed by atoms with Gasteiger partial charge in [-0.05, 0) is 58.9 Å². The molecule has 0 aliphatic carbocycles. The van der Waals surface area contributed by atoms with Crippen LogP contribution < -0.4 is 10.6 Å². The van der Waals surface area contributed by atoms with Gasteiger partial charge in [-0.2, -0.15) is 0 Å². The van der Waals surface area contributed by atoms with Gasteiger partial charge < -0.3 is 30.3 Å². The molecule has 1 aliphatic heterocycles. The van der Waals surface area contributed by atoms with Crippen LogP contribution in [0.5, 0.6) is 0 Å². The summed E-state index contributed by atoms with van der Waals surface area (Å²) >= 11 is 1.35. The Bertz CT molecular complexity index is 1730. The maximum Gasteiger partial charge on any atom is 0.338 e. The zero-order chi connectivity index (χ0) is 35.3. The summed E-state index contributed by atoms with van der Waals surface area (Å²) in [5.74, 6) is -0.563. The van der Waals surface area contributed by atoms with Crippen LogP contribution in [0.2, 0.25) is 0 Å². The summed E-state index contributed by atoms with van der Waals surface area (Å²) in [5, 5.41) is 25.3. The largest absolute Gasteiger partial charge is 0.478 e. The average molecular weight is 698 g/mol. The van der Waals surface area contributed by atoms with Gasteiger partial charge in [0.25, 0.3) is 0 Å². The number of pyridine rings is 1. The van der Waals surface area contributed by atoms with Gasteiger partial charge in [0, 0.05) is 50.4 Å². The normalized spacial score (nSPS) is 17.2. The van der Waals surface area contributed by atoms with Crippen LogP contribution in [0.25, 0.3) is 11.1 Å². The van der Waals surface area contributed by atoms with Crippen LogP contribution in [0.15, 0.2) is 96.2 Å². The third-order valence-corrected chi connectivity index (χ3v) is 9.55. The van der Waals surface area contributed by atoms with Crippen molar-refractivity contribution >= 4 is 29.5 Å². The highest BCUT2D eigenvalue weighted by molar-refractivity contribution is 7.99. The minimum absolute atomic E-state index is 0.00784. The number of carboxylic acids is 1. The number of ether oxygens (including phenoxy) is 2. The van der Waals surface area contributed by atoms with Crippen LogP contribution >= 0.6 is 11.8 Å². The number of thioether (sulfide) groups is 1. The van der Waals surface area contributed by atoms with Gasteiger partial charge in [0.1, 0.15) is 5.03 Å². The Hall–Kier alpha value is -4.55. The summed E-state index contributed by atoms with van der Waals surface area (Å²) in [6.07, 6.45) is 3.94. The number of amides is 2. The summed E-state index contributed by atoms with van der Waals surface area (Å²) in [6, 6.07) is 26.9. The van der Waals surface area contributed by atoms with E-state index >= 15 is 0 Å². The fraction of sp³-hybridized carbons (Fsp3) is 0.333. The third-order valence-electron chi connectivity index (χ3n) is 8.41. The number of rotatable bonds is 16. The van der Waals surface area contributed by atoms with Crippen molar-refractivity contribution in [2.75, 3.05) is 12.3 Å². The van der Waals surface area contributed by atoms with Gasteiger partial charge in [-0.1, -0.05) is 73.2 Å². The number of benzene rings is 3. The molecule has 4 N–H and O–H groups in total. The van der Waals surface area contributed by atoms with Gasteiger partial charge in [-0.3, -0.25) is 9.59 Å². The molecule has 50 heavy (non-hydrogen) atoms. The highest BCUT2D eigenvalue weighted by atomic mass is 32.2. The predicted molar refractivity (Wildman–Crippen MR) is 191 cm³/mol. The third kappa shape index (κ3) is 10.7. The Labute approximate surface area is 296 Å². The van der Waals surface area contributed by atoms with Crippen LogP contribution in [-0.4, -0.2) is 51.4 Å². The van der Waals surface area contributed by atoms with E-state index in [2.05, 4.69) is 21.7 Å². The molecule has 1 saturated heterocycles. The number of aliphatic hydroxyl groups is 1. The predicted octanol–water partition coefficient (Wildman–Crippen LogP) is 6.59. The first-order valence-corrected chi connectivity index (χ1v) is 17.8. The molecule has 262 valence electrons. The van der Waals surface area contributed by atoms with Crippen molar-refractivity contribution in [2.45, 2.75) is 75.7 Å². The molecule has 3 aromatic carbocycles. The van der Waals surface area contributed by atoms with Crippen LogP contribution in [0.1, 0.15) is 84.0 Å². The van der Waals surface area contributed by atoms with Crippen molar-refractivity contribution in [1.82, 2.24) is 15.6 Å². The van der Waals surface area contributed by atoms with Crippen molar-refractivity contribution in [2.24, 2.45) is 0 Å². The Kier molecular flexibility index (Phi) is 13.5. The fourth-order valence-electron chi connectivity index (χ4n) is 5.70. The number of hydrogen-bond acceptors (Lipinski definition) is 8. The SMILES string of the molecule is CC(=O)NCCCCCC(=O)NCc1cccc(-c2ccc(C3OC(CSc4ncccc4C(=O)O)CC(c4ccc(CO)cc4)O3)cc2)c1. The second kappa shape index (κ2) is 18.4. The number of aromatic nitrogens is 1. The van der Waals surface area contributed by atoms with E-state index in [1.807, 2.05) is 66.7 Å². The maximum absolute atomic E-state index is 12.4. The van der Waals surface area contributed by atoms with E-state index in [1.165, 1.54) is 18.7 Å². The summed E-state index contributed by atoms with van der Waals surface area (Å²) in [6.45, 7) is 2.53. The number of nitrogens with one attached hydrogen (secondary N) is 2. The molecule has 1 fully saturated rings. The second-order valence-electron chi connectivity index (χ2n) is 12.2. The van der Waals surface area contributed by atoms with Crippen molar-refractivity contribution in [3.05, 3.63) is 119 Å².